The Balaban J connectivity index is 1.60. The second-order valence-corrected chi connectivity index (χ2v) is 7.68. The van der Waals surface area contributed by atoms with Crippen LogP contribution in [0.4, 0.5) is 5.69 Å². The van der Waals surface area contributed by atoms with Gasteiger partial charge >= 0.3 is 0 Å². The van der Waals surface area contributed by atoms with Gasteiger partial charge in [0.25, 0.3) is 0 Å². The van der Waals surface area contributed by atoms with Crippen LogP contribution in [0.5, 0.6) is 0 Å². The lowest BCUT2D eigenvalue weighted by Gasteiger charge is -2.26. The van der Waals surface area contributed by atoms with Crippen LogP contribution < -0.4 is 10.6 Å². The zero-order chi connectivity index (χ0) is 18.0. The molecule has 0 radical (unpaired) electrons. The lowest BCUT2D eigenvalue weighted by atomic mass is 9.91. The maximum Gasteiger partial charge on any atom is 0.244 e. The Morgan fingerprint density at radius 3 is 2.52 bits per heavy atom. The van der Waals surface area contributed by atoms with Crippen molar-refractivity contribution in [2.75, 3.05) is 31.5 Å². The van der Waals surface area contributed by atoms with Crippen molar-refractivity contribution in [3.8, 4) is 0 Å². The van der Waals surface area contributed by atoms with E-state index in [9.17, 15) is 9.59 Å². The van der Waals surface area contributed by atoms with Crippen molar-refractivity contribution in [2.45, 2.75) is 26.2 Å². The molecule has 1 spiro atoms. The molecule has 2 aliphatic rings. The number of nitrogens with zero attached hydrogens (tertiary/aromatic N) is 1. The van der Waals surface area contributed by atoms with E-state index in [1.165, 1.54) is 0 Å². The van der Waals surface area contributed by atoms with Gasteiger partial charge in [0, 0.05) is 12.5 Å². The molecule has 1 saturated heterocycles. The highest BCUT2D eigenvalue weighted by Crippen LogP contribution is 2.59. The monoisotopic (exact) mass is 383 g/mol. The second-order valence-electron chi connectivity index (χ2n) is 6.87. The molecule has 2 N–H and O–H groups in total. The number of hydrogen-bond donors (Lipinski definition) is 2. The summed E-state index contributed by atoms with van der Waals surface area (Å²) < 4.78 is 0. The Kier molecular flexibility index (Phi) is 5.56. The predicted octanol–water partition coefficient (Wildman–Crippen LogP) is 3.17. The average molecular weight is 384 g/mol. The van der Waals surface area contributed by atoms with Crippen molar-refractivity contribution in [3.63, 3.8) is 0 Å². The van der Waals surface area contributed by atoms with Gasteiger partial charge in [-0.25, -0.2) is 0 Å². The van der Waals surface area contributed by atoms with Gasteiger partial charge in [0.1, 0.15) is 0 Å². The third kappa shape index (κ3) is 3.94. The van der Waals surface area contributed by atoms with Crippen LogP contribution in [0.3, 0.4) is 0 Å². The fourth-order valence-corrected chi connectivity index (χ4v) is 4.20. The quantitative estimate of drug-likeness (QED) is 0.820. The molecular weight excluding hydrogens is 361 g/mol. The van der Waals surface area contributed by atoms with Crippen LogP contribution >= 0.6 is 23.2 Å². The summed E-state index contributed by atoms with van der Waals surface area (Å²) in [6.07, 6.45) is 3.03. The molecule has 5 nitrogen and oxygen atoms in total. The van der Waals surface area contributed by atoms with Crippen molar-refractivity contribution in [1.29, 1.82) is 0 Å². The first kappa shape index (κ1) is 18.5. The first-order valence-corrected chi connectivity index (χ1v) is 9.46. The van der Waals surface area contributed by atoms with Crippen LogP contribution in [0.25, 0.3) is 0 Å². The number of anilines is 1. The highest BCUT2D eigenvalue weighted by atomic mass is 35.5. The van der Waals surface area contributed by atoms with Crippen LogP contribution in [0.1, 0.15) is 26.2 Å². The molecule has 1 heterocycles. The van der Waals surface area contributed by atoms with Gasteiger partial charge in [-0.3, -0.25) is 9.59 Å². The molecule has 3 rings (SSSR count). The Morgan fingerprint density at radius 1 is 1.28 bits per heavy atom. The first-order valence-electron chi connectivity index (χ1n) is 8.70. The molecule has 1 atom stereocenters. The molecule has 0 aromatic heterocycles. The Labute approximate surface area is 158 Å². The molecule has 25 heavy (non-hydrogen) atoms. The van der Waals surface area contributed by atoms with Crippen molar-refractivity contribution in [1.82, 2.24) is 10.2 Å². The lowest BCUT2D eigenvalue weighted by molar-refractivity contribution is -0.136. The van der Waals surface area contributed by atoms with Crippen LogP contribution in [0, 0.1) is 11.3 Å². The van der Waals surface area contributed by atoms with Crippen LogP contribution in [-0.4, -0.2) is 42.9 Å². The number of halogens is 2. The number of hydrogen-bond acceptors (Lipinski definition) is 3. The van der Waals surface area contributed by atoms with Crippen molar-refractivity contribution in [2.24, 2.45) is 11.3 Å². The zero-order valence-corrected chi connectivity index (χ0v) is 15.8. The van der Waals surface area contributed by atoms with Gasteiger partial charge in [-0.2, -0.15) is 0 Å². The summed E-state index contributed by atoms with van der Waals surface area (Å²) in [6, 6.07) is 5.04. The highest BCUT2D eigenvalue weighted by molar-refractivity contribution is 6.39. The third-order valence-corrected chi connectivity index (χ3v) is 5.97. The third-order valence-electron chi connectivity index (χ3n) is 5.34. The molecule has 136 valence electrons. The Bertz CT molecular complexity index is 654. The fraction of sp³-hybridized carbons (Fsp3) is 0.556. The number of piperidine rings is 1. The Hall–Kier alpha value is -1.30. The zero-order valence-electron chi connectivity index (χ0n) is 14.3. The van der Waals surface area contributed by atoms with Crippen LogP contribution in [0.2, 0.25) is 10.0 Å². The summed E-state index contributed by atoms with van der Waals surface area (Å²) in [5.74, 6) is -0.138. The Morgan fingerprint density at radius 2 is 1.92 bits per heavy atom. The maximum absolute atomic E-state index is 12.8. The summed E-state index contributed by atoms with van der Waals surface area (Å²) >= 11 is 12.2. The topological polar surface area (TPSA) is 61.4 Å². The van der Waals surface area contributed by atoms with Crippen molar-refractivity contribution >= 4 is 40.7 Å². The maximum atomic E-state index is 12.8. The van der Waals surface area contributed by atoms with Gasteiger partial charge in [-0.15, -0.1) is 0 Å². The molecule has 1 aromatic rings. The van der Waals surface area contributed by atoms with E-state index in [1.54, 1.807) is 23.1 Å². The van der Waals surface area contributed by atoms with Gasteiger partial charge < -0.3 is 15.5 Å². The smallest absolute Gasteiger partial charge is 0.244 e. The molecule has 1 saturated carbocycles. The molecule has 1 aliphatic heterocycles. The van der Waals surface area contributed by atoms with E-state index < -0.39 is 0 Å². The molecule has 2 amide bonds. The van der Waals surface area contributed by atoms with Crippen LogP contribution in [0.15, 0.2) is 18.2 Å². The first-order chi connectivity index (χ1) is 12.0. The number of para-hydroxylation sites is 1. The van der Waals surface area contributed by atoms with E-state index in [-0.39, 0.29) is 29.7 Å². The predicted molar refractivity (Wildman–Crippen MR) is 100.0 cm³/mol. The van der Waals surface area contributed by atoms with E-state index in [0.717, 1.165) is 32.4 Å². The molecular formula is C18H23Cl2N3O2. The average Bonchev–Trinajstić information content (AvgIpc) is 3.29. The van der Waals surface area contributed by atoms with Gasteiger partial charge in [0.05, 0.1) is 22.3 Å². The van der Waals surface area contributed by atoms with E-state index in [2.05, 4.69) is 10.6 Å². The van der Waals surface area contributed by atoms with Gasteiger partial charge in [0.2, 0.25) is 11.8 Å². The lowest BCUT2D eigenvalue weighted by Crippen LogP contribution is -2.40. The minimum atomic E-state index is -0.287. The molecule has 1 aliphatic carbocycles. The number of benzene rings is 1. The number of nitrogens with one attached hydrogen (secondary N) is 2. The number of carbonyl (C=O) groups excluding carboxylic acids is 2. The molecule has 1 aromatic carbocycles. The summed E-state index contributed by atoms with van der Waals surface area (Å²) in [7, 11) is 0. The van der Waals surface area contributed by atoms with E-state index in [4.69, 9.17) is 23.2 Å². The molecule has 1 unspecified atom stereocenters. The van der Waals surface area contributed by atoms with Crippen LogP contribution in [-0.2, 0) is 9.59 Å². The summed E-state index contributed by atoms with van der Waals surface area (Å²) in [5, 5.41) is 6.82. The van der Waals surface area contributed by atoms with Crippen molar-refractivity contribution < 1.29 is 9.59 Å². The van der Waals surface area contributed by atoms with Gasteiger partial charge in [0.15, 0.2) is 0 Å². The molecule has 7 heteroatoms. The largest absolute Gasteiger partial charge is 0.333 e. The normalized spacial score (nSPS) is 21.0. The second kappa shape index (κ2) is 7.52. The number of likely N-dealkylation sites (N-methyl/N-ethyl adjacent to an activating group) is 1. The summed E-state index contributed by atoms with van der Waals surface area (Å²) in [6.45, 7) is 4.36. The number of amides is 2. The summed E-state index contributed by atoms with van der Waals surface area (Å²) in [4.78, 5) is 26.8. The fourth-order valence-electron chi connectivity index (χ4n) is 3.71. The van der Waals surface area contributed by atoms with E-state index in [0.29, 0.717) is 22.3 Å². The minimum Gasteiger partial charge on any atom is -0.333 e. The highest BCUT2D eigenvalue weighted by Gasteiger charge is 2.58. The molecule has 2 fully saturated rings. The molecule has 0 bridgehead atoms. The van der Waals surface area contributed by atoms with E-state index in [1.807, 2.05) is 6.92 Å². The SMILES string of the molecule is CCN(CC(=O)Nc1c(Cl)cccc1Cl)C(=O)C1CC12CCNCC2. The summed E-state index contributed by atoms with van der Waals surface area (Å²) in [5.41, 5.74) is 0.554. The van der Waals surface area contributed by atoms with Gasteiger partial charge in [-0.1, -0.05) is 29.3 Å². The minimum absolute atomic E-state index is 0.0156. The number of rotatable bonds is 5. The standard InChI is InChI=1S/C18H23Cl2N3O2/c1-2-23(17(25)12-10-18(12)6-8-21-9-7-18)11-15(24)22-16-13(19)4-3-5-14(16)20/h3-5,12,21H,2,6-11H2,1H3,(H,22,24). The van der Waals surface area contributed by atoms with Crippen molar-refractivity contribution in [3.05, 3.63) is 28.2 Å². The number of carbonyl (C=O) groups is 2. The van der Waals surface area contributed by atoms with Gasteiger partial charge in [-0.05, 0) is 56.8 Å². The van der Waals surface area contributed by atoms with E-state index >= 15 is 0 Å².